The number of fused-ring (bicyclic) bond motifs is 4. The average Bonchev–Trinajstić information content (AvgIpc) is 3.49. The van der Waals surface area contributed by atoms with Crippen LogP contribution in [-0.4, -0.2) is 62.5 Å². The van der Waals surface area contributed by atoms with Crippen LogP contribution in [0.25, 0.3) is 0 Å². The van der Waals surface area contributed by atoms with E-state index in [9.17, 15) is 9.59 Å². The average molecular weight is 449 g/mol. The van der Waals surface area contributed by atoms with Crippen molar-refractivity contribution in [2.24, 2.45) is 10.7 Å². The SMILES string of the molecule is CN1Cc2cc(C3=NC4SC(C(=O)N5CCCCC5)=C(N)C4c4nccn43)ccc2C1=O. The first-order valence-corrected chi connectivity index (χ1v) is 11.9. The number of carbonyl (C=O) groups excluding carboxylic acids is 2. The van der Waals surface area contributed by atoms with E-state index in [4.69, 9.17) is 10.7 Å². The van der Waals surface area contributed by atoms with Crippen molar-refractivity contribution in [3.8, 4) is 0 Å². The van der Waals surface area contributed by atoms with Gasteiger partial charge in [-0.2, -0.15) is 0 Å². The largest absolute Gasteiger partial charge is 0.400 e. The summed E-state index contributed by atoms with van der Waals surface area (Å²) in [5.74, 6) is 1.43. The van der Waals surface area contributed by atoms with Crippen molar-refractivity contribution in [1.82, 2.24) is 19.4 Å². The van der Waals surface area contributed by atoms with Crippen LogP contribution in [0.2, 0.25) is 0 Å². The van der Waals surface area contributed by atoms with Crippen LogP contribution >= 0.6 is 11.8 Å². The molecule has 1 fully saturated rings. The fourth-order valence-corrected chi connectivity index (χ4v) is 6.35. The van der Waals surface area contributed by atoms with E-state index < -0.39 is 0 Å². The molecule has 164 valence electrons. The highest BCUT2D eigenvalue weighted by Gasteiger charge is 2.44. The second kappa shape index (κ2) is 7.23. The fraction of sp³-hybridized carbons (Fsp3) is 0.391. The fourth-order valence-electron chi connectivity index (χ4n) is 5.06. The molecule has 0 bridgehead atoms. The number of thioether (sulfide) groups is 1. The number of aliphatic imine (C=N–C) groups is 1. The van der Waals surface area contributed by atoms with Gasteiger partial charge in [-0.05, 0) is 37.0 Å². The Morgan fingerprint density at radius 3 is 2.84 bits per heavy atom. The number of nitrogens with two attached hydrogens (primary N) is 1. The quantitative estimate of drug-likeness (QED) is 0.759. The summed E-state index contributed by atoms with van der Waals surface area (Å²) in [4.78, 5) is 39.4. The first-order valence-electron chi connectivity index (χ1n) is 11.0. The zero-order valence-corrected chi connectivity index (χ0v) is 18.6. The van der Waals surface area contributed by atoms with E-state index in [1.54, 1.807) is 11.1 Å². The van der Waals surface area contributed by atoms with Crippen LogP contribution in [0, 0.1) is 0 Å². The summed E-state index contributed by atoms with van der Waals surface area (Å²) in [5.41, 5.74) is 9.80. The van der Waals surface area contributed by atoms with Gasteiger partial charge in [0.2, 0.25) is 0 Å². The van der Waals surface area contributed by atoms with E-state index >= 15 is 0 Å². The first-order chi connectivity index (χ1) is 15.5. The Morgan fingerprint density at radius 1 is 1.22 bits per heavy atom. The smallest absolute Gasteiger partial charge is 0.262 e. The molecule has 2 unspecified atom stereocenters. The molecule has 2 atom stereocenters. The monoisotopic (exact) mass is 448 g/mol. The van der Waals surface area contributed by atoms with Gasteiger partial charge in [0.1, 0.15) is 17.0 Å². The van der Waals surface area contributed by atoms with Gasteiger partial charge in [0, 0.05) is 55.9 Å². The molecule has 6 rings (SSSR count). The molecule has 4 aliphatic rings. The lowest BCUT2D eigenvalue weighted by Crippen LogP contribution is -2.36. The number of hydrogen-bond acceptors (Lipinski definition) is 6. The van der Waals surface area contributed by atoms with Gasteiger partial charge in [0.25, 0.3) is 11.8 Å². The zero-order chi connectivity index (χ0) is 22.0. The number of carbonyl (C=O) groups is 2. The predicted molar refractivity (Wildman–Crippen MR) is 122 cm³/mol. The second-order valence-corrected chi connectivity index (χ2v) is 9.89. The van der Waals surface area contributed by atoms with E-state index in [1.165, 1.54) is 18.2 Å². The third kappa shape index (κ3) is 2.83. The molecule has 5 heterocycles. The van der Waals surface area contributed by atoms with Gasteiger partial charge in [-0.1, -0.05) is 17.8 Å². The van der Waals surface area contributed by atoms with Crippen molar-refractivity contribution >= 4 is 29.4 Å². The van der Waals surface area contributed by atoms with E-state index in [2.05, 4.69) is 4.98 Å². The Bertz CT molecular complexity index is 1210. The Balaban J connectivity index is 1.37. The molecule has 0 radical (unpaired) electrons. The van der Waals surface area contributed by atoms with Crippen LogP contribution in [0.5, 0.6) is 0 Å². The Morgan fingerprint density at radius 2 is 2.03 bits per heavy atom. The van der Waals surface area contributed by atoms with Crippen LogP contribution in [0.3, 0.4) is 0 Å². The van der Waals surface area contributed by atoms with Gasteiger partial charge >= 0.3 is 0 Å². The molecule has 2 amide bonds. The Hall–Kier alpha value is -3.07. The molecule has 2 N–H and O–H groups in total. The highest BCUT2D eigenvalue weighted by molar-refractivity contribution is 8.04. The number of likely N-dealkylation sites (tertiary alicyclic amines) is 1. The van der Waals surface area contributed by atoms with Gasteiger partial charge in [-0.25, -0.2) is 4.98 Å². The van der Waals surface area contributed by atoms with Crippen LogP contribution in [-0.2, 0) is 11.3 Å². The number of nitrogens with zero attached hydrogens (tertiary/aromatic N) is 5. The molecular formula is C23H24N6O2S. The number of benzene rings is 1. The van der Waals surface area contributed by atoms with Crippen molar-refractivity contribution in [3.05, 3.63) is 63.7 Å². The normalized spacial score (nSPS) is 24.4. The lowest BCUT2D eigenvalue weighted by Gasteiger charge is -2.27. The van der Waals surface area contributed by atoms with Crippen LogP contribution < -0.4 is 5.73 Å². The number of hydrogen-bond donors (Lipinski definition) is 1. The molecule has 1 aromatic heterocycles. The van der Waals surface area contributed by atoms with E-state index in [0.717, 1.165) is 54.3 Å². The molecule has 9 heteroatoms. The van der Waals surface area contributed by atoms with E-state index in [0.29, 0.717) is 17.1 Å². The highest BCUT2D eigenvalue weighted by atomic mass is 32.2. The molecule has 2 aromatic rings. The number of imidazole rings is 1. The maximum absolute atomic E-state index is 13.2. The molecule has 0 aliphatic carbocycles. The summed E-state index contributed by atoms with van der Waals surface area (Å²) in [7, 11) is 1.81. The molecule has 32 heavy (non-hydrogen) atoms. The summed E-state index contributed by atoms with van der Waals surface area (Å²) < 4.78 is 1.96. The molecule has 0 saturated carbocycles. The molecule has 8 nitrogen and oxygen atoms in total. The van der Waals surface area contributed by atoms with Crippen molar-refractivity contribution in [3.63, 3.8) is 0 Å². The topological polar surface area (TPSA) is 96.8 Å². The maximum Gasteiger partial charge on any atom is 0.262 e. The van der Waals surface area contributed by atoms with Gasteiger partial charge in [0.15, 0.2) is 0 Å². The molecular weight excluding hydrogens is 424 g/mol. The van der Waals surface area contributed by atoms with Gasteiger partial charge < -0.3 is 15.5 Å². The lowest BCUT2D eigenvalue weighted by atomic mass is 10.0. The Labute approximate surface area is 190 Å². The number of rotatable bonds is 2. The molecule has 1 saturated heterocycles. The van der Waals surface area contributed by atoms with E-state index in [1.807, 2.05) is 40.9 Å². The predicted octanol–water partition coefficient (Wildman–Crippen LogP) is 2.12. The van der Waals surface area contributed by atoms with Crippen molar-refractivity contribution in [1.29, 1.82) is 0 Å². The second-order valence-electron chi connectivity index (χ2n) is 8.76. The van der Waals surface area contributed by atoms with Gasteiger partial charge in [-0.15, -0.1) is 0 Å². The summed E-state index contributed by atoms with van der Waals surface area (Å²) in [6, 6.07) is 5.85. The summed E-state index contributed by atoms with van der Waals surface area (Å²) in [5, 5.41) is -0.221. The minimum Gasteiger partial charge on any atom is -0.400 e. The molecule has 0 spiro atoms. The molecule has 4 aliphatic heterocycles. The van der Waals surface area contributed by atoms with Crippen LogP contribution in [0.1, 0.15) is 52.5 Å². The standard InChI is InChI=1S/C23H24N6O2S/c1-27-12-14-11-13(5-6-15(14)22(27)30)19-26-21-16(20-25-7-10-29(19)20)17(24)18(32-21)23(31)28-8-3-2-4-9-28/h5-7,10-11,16,21H,2-4,8-9,12,24H2,1H3. The number of aromatic nitrogens is 2. The summed E-state index contributed by atoms with van der Waals surface area (Å²) >= 11 is 1.46. The summed E-state index contributed by atoms with van der Waals surface area (Å²) in [6.07, 6.45) is 6.89. The first kappa shape index (κ1) is 19.6. The minimum absolute atomic E-state index is 0.0236. The lowest BCUT2D eigenvalue weighted by molar-refractivity contribution is -0.127. The van der Waals surface area contributed by atoms with Gasteiger partial charge in [0.05, 0.1) is 10.8 Å². The number of piperidine rings is 1. The third-order valence-electron chi connectivity index (χ3n) is 6.73. The minimum atomic E-state index is -0.221. The molecule has 1 aromatic carbocycles. The van der Waals surface area contributed by atoms with Gasteiger partial charge in [-0.3, -0.25) is 19.1 Å². The van der Waals surface area contributed by atoms with Crippen LogP contribution in [0.15, 0.2) is 46.2 Å². The number of amides is 2. The maximum atomic E-state index is 13.2. The third-order valence-corrected chi connectivity index (χ3v) is 8.00. The Kier molecular flexibility index (Phi) is 4.43. The van der Waals surface area contributed by atoms with Crippen LogP contribution in [0.4, 0.5) is 0 Å². The van der Waals surface area contributed by atoms with E-state index in [-0.39, 0.29) is 23.1 Å². The summed E-state index contributed by atoms with van der Waals surface area (Å²) in [6.45, 7) is 2.17. The van der Waals surface area contributed by atoms with Crippen molar-refractivity contribution in [2.75, 3.05) is 20.1 Å². The van der Waals surface area contributed by atoms with Crippen molar-refractivity contribution < 1.29 is 9.59 Å². The highest BCUT2D eigenvalue weighted by Crippen LogP contribution is 2.48. The van der Waals surface area contributed by atoms with Crippen molar-refractivity contribution in [2.45, 2.75) is 37.1 Å². The zero-order valence-electron chi connectivity index (χ0n) is 17.8.